The van der Waals surface area contributed by atoms with Gasteiger partial charge in [0.15, 0.2) is 0 Å². The third-order valence-electron chi connectivity index (χ3n) is 4.11. The molecule has 1 N–H and O–H groups in total. The van der Waals surface area contributed by atoms with Crippen molar-refractivity contribution in [1.82, 2.24) is 5.32 Å². The zero-order chi connectivity index (χ0) is 10.0. The summed E-state index contributed by atoms with van der Waals surface area (Å²) in [6.07, 6.45) is 10.1. The zero-order valence-corrected chi connectivity index (χ0v) is 9.81. The Balaban J connectivity index is 1.69. The molecule has 2 aliphatic rings. The fourth-order valence-corrected chi connectivity index (χ4v) is 2.71. The highest BCUT2D eigenvalue weighted by atomic mass is 14.9. The van der Waals surface area contributed by atoms with Crippen molar-refractivity contribution in [2.45, 2.75) is 64.8 Å². The Morgan fingerprint density at radius 2 is 2.00 bits per heavy atom. The summed E-state index contributed by atoms with van der Waals surface area (Å²) in [4.78, 5) is 0. The Bertz CT molecular complexity index is 180. The molecule has 1 atom stereocenters. The van der Waals surface area contributed by atoms with Gasteiger partial charge in [-0.2, -0.15) is 0 Å². The lowest BCUT2D eigenvalue weighted by Crippen LogP contribution is -2.35. The van der Waals surface area contributed by atoms with Gasteiger partial charge in [-0.15, -0.1) is 0 Å². The van der Waals surface area contributed by atoms with E-state index in [4.69, 9.17) is 0 Å². The van der Waals surface area contributed by atoms with Gasteiger partial charge in [-0.05, 0) is 49.9 Å². The average Bonchev–Trinajstić information content (AvgIpc) is 3.01. The third-order valence-corrected chi connectivity index (χ3v) is 4.11. The van der Waals surface area contributed by atoms with Gasteiger partial charge in [-0.3, -0.25) is 0 Å². The van der Waals surface area contributed by atoms with Crippen molar-refractivity contribution in [3.63, 3.8) is 0 Å². The van der Waals surface area contributed by atoms with Gasteiger partial charge in [-0.1, -0.05) is 20.3 Å². The molecule has 1 heteroatoms. The van der Waals surface area contributed by atoms with E-state index in [0.29, 0.717) is 0 Å². The molecule has 2 aliphatic carbocycles. The van der Waals surface area contributed by atoms with Crippen LogP contribution in [0.25, 0.3) is 0 Å². The van der Waals surface area contributed by atoms with Gasteiger partial charge >= 0.3 is 0 Å². The summed E-state index contributed by atoms with van der Waals surface area (Å²) in [6, 6.07) is 0.837. The fraction of sp³-hybridized carbons (Fsp3) is 1.00. The molecule has 1 unspecified atom stereocenters. The molecule has 0 aromatic rings. The van der Waals surface area contributed by atoms with Crippen molar-refractivity contribution in [1.29, 1.82) is 0 Å². The van der Waals surface area contributed by atoms with Crippen LogP contribution in [0.15, 0.2) is 0 Å². The van der Waals surface area contributed by atoms with Crippen molar-refractivity contribution in [3.8, 4) is 0 Å². The molecule has 0 heterocycles. The van der Waals surface area contributed by atoms with Gasteiger partial charge in [0.25, 0.3) is 0 Å². The molecule has 1 nitrogen and oxygen atoms in total. The van der Waals surface area contributed by atoms with Crippen molar-refractivity contribution < 1.29 is 0 Å². The van der Waals surface area contributed by atoms with Gasteiger partial charge in [-0.25, -0.2) is 0 Å². The lowest BCUT2D eigenvalue weighted by molar-refractivity contribution is 0.361. The Morgan fingerprint density at radius 1 is 1.29 bits per heavy atom. The molecule has 0 bridgehead atoms. The van der Waals surface area contributed by atoms with Gasteiger partial charge in [0.2, 0.25) is 0 Å². The van der Waals surface area contributed by atoms with Gasteiger partial charge < -0.3 is 5.32 Å². The molecule has 82 valence electrons. The summed E-state index contributed by atoms with van der Waals surface area (Å²) in [5.41, 5.74) is 0.733. The van der Waals surface area contributed by atoms with Crippen LogP contribution in [0.4, 0.5) is 0 Å². The summed E-state index contributed by atoms with van der Waals surface area (Å²) in [5, 5.41) is 3.82. The maximum atomic E-state index is 3.82. The monoisotopic (exact) mass is 195 g/mol. The van der Waals surface area contributed by atoms with Crippen LogP contribution in [0.2, 0.25) is 0 Å². The minimum atomic E-state index is 0.733. The first kappa shape index (κ1) is 10.5. The van der Waals surface area contributed by atoms with Crippen molar-refractivity contribution >= 4 is 0 Å². The summed E-state index contributed by atoms with van der Waals surface area (Å²) in [6.45, 7) is 5.95. The predicted octanol–water partition coefficient (Wildman–Crippen LogP) is 3.34. The van der Waals surface area contributed by atoms with Crippen molar-refractivity contribution in [2.75, 3.05) is 6.54 Å². The largest absolute Gasteiger partial charge is 0.313 e. The highest BCUT2D eigenvalue weighted by Crippen LogP contribution is 2.49. The van der Waals surface area contributed by atoms with Crippen LogP contribution >= 0.6 is 0 Å². The second kappa shape index (κ2) is 4.22. The van der Waals surface area contributed by atoms with E-state index in [1.54, 1.807) is 0 Å². The summed E-state index contributed by atoms with van der Waals surface area (Å²) >= 11 is 0. The smallest absolute Gasteiger partial charge is 0.00929 e. The van der Waals surface area contributed by atoms with Crippen molar-refractivity contribution in [2.24, 2.45) is 11.3 Å². The molecule has 2 rings (SSSR count). The normalized spacial score (nSPS) is 26.1. The molecule has 2 fully saturated rings. The SMILES string of the molecule is CCCC1(CNC(CC)C2CC2)CC1. The number of hydrogen-bond donors (Lipinski definition) is 1. The predicted molar refractivity (Wildman–Crippen MR) is 61.4 cm³/mol. The van der Waals surface area contributed by atoms with Gasteiger partial charge in [0.05, 0.1) is 0 Å². The highest BCUT2D eigenvalue weighted by Gasteiger charge is 2.42. The Hall–Kier alpha value is -0.0400. The van der Waals surface area contributed by atoms with Crippen LogP contribution in [0.5, 0.6) is 0 Å². The maximum Gasteiger partial charge on any atom is 0.00929 e. The fourth-order valence-electron chi connectivity index (χ4n) is 2.71. The van der Waals surface area contributed by atoms with Crippen molar-refractivity contribution in [3.05, 3.63) is 0 Å². The van der Waals surface area contributed by atoms with Gasteiger partial charge in [0.1, 0.15) is 0 Å². The summed E-state index contributed by atoms with van der Waals surface area (Å²) in [5.74, 6) is 1.03. The molecule has 0 aromatic heterocycles. The van der Waals surface area contributed by atoms with E-state index in [0.717, 1.165) is 17.4 Å². The van der Waals surface area contributed by atoms with E-state index in [1.165, 1.54) is 51.5 Å². The van der Waals surface area contributed by atoms with E-state index in [1.807, 2.05) is 0 Å². The van der Waals surface area contributed by atoms with E-state index < -0.39 is 0 Å². The molecule has 0 amide bonds. The molecule has 0 radical (unpaired) electrons. The number of hydrogen-bond acceptors (Lipinski definition) is 1. The average molecular weight is 195 g/mol. The van der Waals surface area contributed by atoms with E-state index >= 15 is 0 Å². The molecule has 14 heavy (non-hydrogen) atoms. The van der Waals surface area contributed by atoms with Crippen LogP contribution in [-0.4, -0.2) is 12.6 Å². The molecular weight excluding hydrogens is 170 g/mol. The molecule has 0 saturated heterocycles. The van der Waals surface area contributed by atoms with Crippen LogP contribution < -0.4 is 5.32 Å². The molecule has 0 aliphatic heterocycles. The first-order valence-electron chi connectivity index (χ1n) is 6.53. The van der Waals surface area contributed by atoms with E-state index in [2.05, 4.69) is 19.2 Å². The second-order valence-electron chi connectivity index (χ2n) is 5.48. The van der Waals surface area contributed by atoms with E-state index in [9.17, 15) is 0 Å². The molecule has 0 aromatic carbocycles. The molecule has 0 spiro atoms. The van der Waals surface area contributed by atoms with E-state index in [-0.39, 0.29) is 0 Å². The first-order valence-corrected chi connectivity index (χ1v) is 6.53. The molecular formula is C13H25N. The molecule has 2 saturated carbocycles. The Morgan fingerprint density at radius 3 is 2.43 bits per heavy atom. The summed E-state index contributed by atoms with van der Waals surface area (Å²) in [7, 11) is 0. The second-order valence-corrected chi connectivity index (χ2v) is 5.48. The highest BCUT2D eigenvalue weighted by molar-refractivity contribution is 4.96. The lowest BCUT2D eigenvalue weighted by atomic mass is 9.99. The van der Waals surface area contributed by atoms with Crippen LogP contribution in [0.3, 0.4) is 0 Å². The number of rotatable bonds is 7. The quantitative estimate of drug-likeness (QED) is 0.657. The van der Waals surface area contributed by atoms with Crippen LogP contribution in [0.1, 0.15) is 58.8 Å². The summed E-state index contributed by atoms with van der Waals surface area (Å²) < 4.78 is 0. The van der Waals surface area contributed by atoms with Gasteiger partial charge in [0, 0.05) is 12.6 Å². The van der Waals surface area contributed by atoms with Crippen LogP contribution in [-0.2, 0) is 0 Å². The van der Waals surface area contributed by atoms with Crippen LogP contribution in [0, 0.1) is 11.3 Å². The topological polar surface area (TPSA) is 12.0 Å². The third kappa shape index (κ3) is 2.50. The number of nitrogens with one attached hydrogen (secondary N) is 1. The minimum Gasteiger partial charge on any atom is -0.313 e. The Labute approximate surface area is 88.7 Å². The minimum absolute atomic E-state index is 0.733. The Kier molecular flexibility index (Phi) is 3.16. The zero-order valence-electron chi connectivity index (χ0n) is 9.81. The first-order chi connectivity index (χ1) is 6.79. The standard InChI is InChI=1S/C13H25N/c1-3-7-13(8-9-13)10-14-12(4-2)11-5-6-11/h11-12,14H,3-10H2,1-2H3. The maximum absolute atomic E-state index is 3.82. The lowest BCUT2D eigenvalue weighted by Gasteiger charge is -2.21.